The Bertz CT molecular complexity index is 1240. The lowest BCUT2D eigenvalue weighted by Gasteiger charge is -2.39. The Hall–Kier alpha value is -3.62. The number of guanidine groups is 1. The standard InChI is InChI=1S/C28H35N5O4/c1-27(2)14-23(34)33(26(29)32-27)24(16-7-6-10-30-15-16)19-12-20(19)25(35)31-21-13-28(3,4)37-22-11-17(36-5)8-9-18(21)22/h6-11,15,19-21,24H,12-14H2,1-5H3,(H2,29,32)(H,31,35)/t19-,20-,21+,24-/m1/s1. The van der Waals surface area contributed by atoms with Crippen LogP contribution in [0.4, 0.5) is 0 Å². The number of methoxy groups -OCH3 is 1. The third-order valence-electron chi connectivity index (χ3n) is 7.40. The highest BCUT2D eigenvalue weighted by atomic mass is 16.5. The van der Waals surface area contributed by atoms with Crippen molar-refractivity contribution in [2.45, 2.75) is 70.2 Å². The number of hydrogen-bond donors (Lipinski definition) is 2. The van der Waals surface area contributed by atoms with Crippen molar-refractivity contribution in [3.63, 3.8) is 0 Å². The van der Waals surface area contributed by atoms with Crippen LogP contribution in [0.1, 0.15) is 70.2 Å². The fourth-order valence-electron chi connectivity index (χ4n) is 5.65. The van der Waals surface area contributed by atoms with Crippen LogP contribution >= 0.6 is 0 Å². The van der Waals surface area contributed by atoms with E-state index in [1.54, 1.807) is 24.4 Å². The van der Waals surface area contributed by atoms with Crippen molar-refractivity contribution in [1.29, 1.82) is 0 Å². The van der Waals surface area contributed by atoms with Gasteiger partial charge in [-0.25, -0.2) is 4.99 Å². The average molecular weight is 506 g/mol. The molecule has 9 heteroatoms. The van der Waals surface area contributed by atoms with E-state index in [4.69, 9.17) is 15.2 Å². The third kappa shape index (κ3) is 4.99. The van der Waals surface area contributed by atoms with Crippen LogP contribution in [0.5, 0.6) is 11.5 Å². The molecule has 2 aliphatic heterocycles. The number of amides is 2. The number of nitrogens with zero attached hydrogens (tertiary/aromatic N) is 3. The highest BCUT2D eigenvalue weighted by Gasteiger charge is 2.53. The zero-order valence-electron chi connectivity index (χ0n) is 22.0. The van der Waals surface area contributed by atoms with E-state index in [2.05, 4.69) is 15.3 Å². The lowest BCUT2D eigenvalue weighted by Crippen LogP contribution is -2.52. The molecule has 1 saturated carbocycles. The Kier molecular flexibility index (Phi) is 6.12. The SMILES string of the molecule is COc1ccc2c(c1)OC(C)(C)C[C@@H]2NC(=O)[C@@H]1C[C@H]1[C@@H](c1cccnc1)N1C(=O)CC(C)(C)N=C1N. The lowest BCUT2D eigenvalue weighted by atomic mass is 9.89. The van der Waals surface area contributed by atoms with E-state index in [0.717, 1.165) is 11.1 Å². The molecular formula is C28H35N5O4. The van der Waals surface area contributed by atoms with Crippen LogP contribution in [-0.2, 0) is 9.59 Å². The Morgan fingerprint density at radius 2 is 2.05 bits per heavy atom. The van der Waals surface area contributed by atoms with Crippen molar-refractivity contribution in [2.75, 3.05) is 7.11 Å². The number of aromatic nitrogens is 1. The number of nitrogens with one attached hydrogen (secondary N) is 1. The minimum atomic E-state index is -0.552. The first-order chi connectivity index (χ1) is 17.5. The normalized spacial score (nSPS) is 26.3. The van der Waals surface area contributed by atoms with E-state index in [1.807, 2.05) is 58.0 Å². The Morgan fingerprint density at radius 1 is 1.27 bits per heavy atom. The molecular weight excluding hydrogens is 470 g/mol. The molecule has 3 heterocycles. The highest BCUT2D eigenvalue weighted by Crippen LogP contribution is 2.51. The first kappa shape index (κ1) is 25.0. The molecule has 2 aromatic rings. The van der Waals surface area contributed by atoms with Gasteiger partial charge in [0.1, 0.15) is 17.1 Å². The molecule has 0 saturated heterocycles. The monoisotopic (exact) mass is 505 g/mol. The van der Waals surface area contributed by atoms with Crippen molar-refractivity contribution in [3.05, 3.63) is 53.9 Å². The van der Waals surface area contributed by atoms with Gasteiger partial charge in [-0.1, -0.05) is 6.07 Å². The lowest BCUT2D eigenvalue weighted by molar-refractivity contribution is -0.132. The Balaban J connectivity index is 1.39. The predicted molar refractivity (Wildman–Crippen MR) is 139 cm³/mol. The fourth-order valence-corrected chi connectivity index (χ4v) is 5.65. The van der Waals surface area contributed by atoms with Gasteiger partial charge < -0.3 is 20.5 Å². The van der Waals surface area contributed by atoms with Gasteiger partial charge in [-0.05, 0) is 63.8 Å². The molecule has 4 atom stereocenters. The predicted octanol–water partition coefficient (Wildman–Crippen LogP) is 3.51. The summed E-state index contributed by atoms with van der Waals surface area (Å²) in [5.74, 6) is 1.13. The van der Waals surface area contributed by atoms with Gasteiger partial charge in [-0.2, -0.15) is 0 Å². The summed E-state index contributed by atoms with van der Waals surface area (Å²) in [7, 11) is 1.62. The summed E-state index contributed by atoms with van der Waals surface area (Å²) in [6, 6.07) is 8.85. The molecule has 0 bridgehead atoms. The van der Waals surface area contributed by atoms with Gasteiger partial charge in [0.15, 0.2) is 5.96 Å². The molecule has 2 amide bonds. The number of nitrogens with two attached hydrogens (primary N) is 1. The van der Waals surface area contributed by atoms with Crippen molar-refractivity contribution in [1.82, 2.24) is 15.2 Å². The van der Waals surface area contributed by atoms with Crippen LogP contribution in [0.25, 0.3) is 0 Å². The van der Waals surface area contributed by atoms with Crippen LogP contribution in [0, 0.1) is 11.8 Å². The molecule has 1 aliphatic carbocycles. The topological polar surface area (TPSA) is 119 Å². The van der Waals surface area contributed by atoms with Crippen molar-refractivity contribution in [3.8, 4) is 11.5 Å². The quantitative estimate of drug-likeness (QED) is 0.620. The number of carbonyl (C=O) groups is 2. The van der Waals surface area contributed by atoms with E-state index in [9.17, 15) is 9.59 Å². The van der Waals surface area contributed by atoms with E-state index in [1.165, 1.54) is 0 Å². The van der Waals surface area contributed by atoms with E-state index in [-0.39, 0.29) is 42.1 Å². The van der Waals surface area contributed by atoms with Gasteiger partial charge in [-0.3, -0.25) is 19.5 Å². The van der Waals surface area contributed by atoms with Gasteiger partial charge in [0.25, 0.3) is 0 Å². The van der Waals surface area contributed by atoms with Gasteiger partial charge in [0.05, 0.1) is 31.2 Å². The zero-order chi connectivity index (χ0) is 26.5. The number of ether oxygens (including phenoxy) is 2. The summed E-state index contributed by atoms with van der Waals surface area (Å²) in [5.41, 5.74) is 7.11. The van der Waals surface area contributed by atoms with E-state index >= 15 is 0 Å². The number of rotatable bonds is 6. The molecule has 37 heavy (non-hydrogen) atoms. The smallest absolute Gasteiger partial charge is 0.232 e. The summed E-state index contributed by atoms with van der Waals surface area (Å²) in [6.45, 7) is 7.81. The van der Waals surface area contributed by atoms with Crippen molar-refractivity contribution in [2.24, 2.45) is 22.6 Å². The van der Waals surface area contributed by atoms with Crippen LogP contribution in [0.3, 0.4) is 0 Å². The number of aliphatic imine (C=N–C) groups is 1. The second-order valence-corrected chi connectivity index (χ2v) is 11.5. The molecule has 1 fully saturated rings. The first-order valence-electron chi connectivity index (χ1n) is 12.7. The maximum atomic E-state index is 13.6. The molecule has 0 unspecified atom stereocenters. The van der Waals surface area contributed by atoms with Crippen LogP contribution in [-0.4, -0.2) is 45.9 Å². The molecule has 1 aromatic carbocycles. The van der Waals surface area contributed by atoms with Gasteiger partial charge in [-0.15, -0.1) is 0 Å². The average Bonchev–Trinajstić information content (AvgIpc) is 3.60. The van der Waals surface area contributed by atoms with Gasteiger partial charge in [0.2, 0.25) is 11.8 Å². The van der Waals surface area contributed by atoms with Crippen LogP contribution in [0.2, 0.25) is 0 Å². The maximum Gasteiger partial charge on any atom is 0.232 e. The Labute approximate surface area is 217 Å². The van der Waals surface area contributed by atoms with Gasteiger partial charge in [0, 0.05) is 36.4 Å². The minimum absolute atomic E-state index is 0.0383. The molecule has 0 spiro atoms. The second kappa shape index (κ2) is 9.04. The number of pyridine rings is 1. The molecule has 3 aliphatic rings. The Morgan fingerprint density at radius 3 is 2.73 bits per heavy atom. The molecule has 9 nitrogen and oxygen atoms in total. The number of hydrogen-bond acceptors (Lipinski definition) is 7. The van der Waals surface area contributed by atoms with Crippen LogP contribution < -0.4 is 20.5 Å². The molecule has 196 valence electrons. The summed E-state index contributed by atoms with van der Waals surface area (Å²) in [6.07, 6.45) is 4.97. The summed E-state index contributed by atoms with van der Waals surface area (Å²) in [4.78, 5) is 37.2. The first-order valence-corrected chi connectivity index (χ1v) is 12.7. The number of fused-ring (bicyclic) bond motifs is 1. The maximum absolute atomic E-state index is 13.6. The van der Waals surface area contributed by atoms with Crippen molar-refractivity contribution < 1.29 is 19.1 Å². The zero-order valence-corrected chi connectivity index (χ0v) is 22.0. The fraction of sp³-hybridized carbons (Fsp3) is 0.500. The van der Waals surface area contributed by atoms with Crippen molar-refractivity contribution >= 4 is 17.8 Å². The second-order valence-electron chi connectivity index (χ2n) is 11.5. The van der Waals surface area contributed by atoms with E-state index in [0.29, 0.717) is 24.3 Å². The third-order valence-corrected chi connectivity index (χ3v) is 7.40. The molecule has 5 rings (SSSR count). The highest BCUT2D eigenvalue weighted by molar-refractivity contribution is 5.99. The summed E-state index contributed by atoms with van der Waals surface area (Å²) < 4.78 is 11.5. The number of carbonyl (C=O) groups excluding carboxylic acids is 2. The number of benzene rings is 1. The molecule has 3 N–H and O–H groups in total. The molecule has 0 radical (unpaired) electrons. The summed E-state index contributed by atoms with van der Waals surface area (Å²) >= 11 is 0. The minimum Gasteiger partial charge on any atom is -0.497 e. The molecule has 1 aromatic heterocycles. The van der Waals surface area contributed by atoms with E-state index < -0.39 is 17.2 Å². The van der Waals surface area contributed by atoms with Gasteiger partial charge >= 0.3 is 0 Å². The largest absolute Gasteiger partial charge is 0.497 e. The summed E-state index contributed by atoms with van der Waals surface area (Å²) in [5, 5.41) is 3.26. The van der Waals surface area contributed by atoms with Crippen LogP contribution in [0.15, 0.2) is 47.7 Å².